The molecular weight excluding hydrogens is 180 g/mol. The normalized spacial score (nSPS) is 12.8. The molecule has 1 N–H and O–H groups in total. The molecule has 1 aromatic rings. The van der Waals surface area contributed by atoms with Crippen molar-refractivity contribution in [2.75, 3.05) is 5.75 Å². The van der Waals surface area contributed by atoms with Gasteiger partial charge in [0.1, 0.15) is 5.75 Å². The molecule has 1 aromatic carbocycles. The van der Waals surface area contributed by atoms with Gasteiger partial charge in [0.2, 0.25) is 0 Å². The van der Waals surface area contributed by atoms with Gasteiger partial charge in [-0.2, -0.15) is 0 Å². The van der Waals surface area contributed by atoms with Crippen molar-refractivity contribution < 1.29 is 5.11 Å². The maximum absolute atomic E-state index is 9.07. The fraction of sp³-hybridized carbons (Fsp3) is 0.455. The lowest BCUT2D eigenvalue weighted by molar-refractivity contribution is 0.475. The molecule has 1 rings (SSSR count). The van der Waals surface area contributed by atoms with E-state index in [1.807, 2.05) is 23.9 Å². The number of hydrogen-bond donors (Lipinski definition) is 1. The molecule has 0 aliphatic heterocycles. The topological polar surface area (TPSA) is 20.2 Å². The highest BCUT2D eigenvalue weighted by Gasteiger charge is 2.00. The molecule has 0 spiro atoms. The van der Waals surface area contributed by atoms with Crippen molar-refractivity contribution >= 4 is 11.8 Å². The van der Waals surface area contributed by atoms with E-state index in [0.29, 0.717) is 5.75 Å². The molecule has 13 heavy (non-hydrogen) atoms. The van der Waals surface area contributed by atoms with Crippen LogP contribution in [0.25, 0.3) is 0 Å². The summed E-state index contributed by atoms with van der Waals surface area (Å²) in [6, 6.07) is 7.39. The third-order valence-electron chi connectivity index (χ3n) is 2.07. The SMILES string of the molecule is CCC(C)CSc1ccc(O)cc1. The predicted molar refractivity (Wildman–Crippen MR) is 58.3 cm³/mol. The van der Waals surface area contributed by atoms with Crippen LogP contribution in [0.2, 0.25) is 0 Å². The first kappa shape index (κ1) is 10.5. The summed E-state index contributed by atoms with van der Waals surface area (Å²) in [5, 5.41) is 9.07. The van der Waals surface area contributed by atoms with E-state index in [1.165, 1.54) is 11.3 Å². The first-order valence-electron chi connectivity index (χ1n) is 4.64. The van der Waals surface area contributed by atoms with Gasteiger partial charge in [0, 0.05) is 10.6 Å². The van der Waals surface area contributed by atoms with Crippen LogP contribution in [0.3, 0.4) is 0 Å². The van der Waals surface area contributed by atoms with Crippen molar-refractivity contribution in [3.05, 3.63) is 24.3 Å². The van der Waals surface area contributed by atoms with Crippen molar-refractivity contribution in [3.63, 3.8) is 0 Å². The van der Waals surface area contributed by atoms with Crippen LogP contribution in [0.15, 0.2) is 29.2 Å². The highest BCUT2D eigenvalue weighted by molar-refractivity contribution is 7.99. The van der Waals surface area contributed by atoms with Gasteiger partial charge in [0.25, 0.3) is 0 Å². The highest BCUT2D eigenvalue weighted by atomic mass is 32.2. The second kappa shape index (κ2) is 5.18. The quantitative estimate of drug-likeness (QED) is 0.743. The van der Waals surface area contributed by atoms with Gasteiger partial charge in [0.05, 0.1) is 0 Å². The molecule has 2 heteroatoms. The number of benzene rings is 1. The Morgan fingerprint density at radius 2 is 1.92 bits per heavy atom. The summed E-state index contributed by atoms with van der Waals surface area (Å²) in [4.78, 5) is 1.23. The third kappa shape index (κ3) is 3.73. The average molecular weight is 196 g/mol. The molecule has 1 atom stereocenters. The van der Waals surface area contributed by atoms with Crippen LogP contribution in [0.5, 0.6) is 5.75 Å². The molecule has 0 aliphatic rings. The van der Waals surface area contributed by atoms with Crippen LogP contribution in [-0.2, 0) is 0 Å². The lowest BCUT2D eigenvalue weighted by Gasteiger charge is -2.07. The van der Waals surface area contributed by atoms with Crippen LogP contribution in [0.4, 0.5) is 0 Å². The minimum Gasteiger partial charge on any atom is -0.508 e. The van der Waals surface area contributed by atoms with Gasteiger partial charge in [-0.3, -0.25) is 0 Å². The molecule has 0 aromatic heterocycles. The zero-order valence-electron chi connectivity index (χ0n) is 8.16. The lowest BCUT2D eigenvalue weighted by atomic mass is 10.2. The maximum Gasteiger partial charge on any atom is 0.115 e. The summed E-state index contributed by atoms with van der Waals surface area (Å²) in [5.41, 5.74) is 0. The van der Waals surface area contributed by atoms with Gasteiger partial charge in [-0.25, -0.2) is 0 Å². The first-order chi connectivity index (χ1) is 6.22. The van der Waals surface area contributed by atoms with E-state index in [2.05, 4.69) is 13.8 Å². The lowest BCUT2D eigenvalue weighted by Crippen LogP contribution is -1.94. The zero-order chi connectivity index (χ0) is 9.68. The monoisotopic (exact) mass is 196 g/mol. The van der Waals surface area contributed by atoms with Crippen LogP contribution < -0.4 is 0 Å². The Labute approximate surface area is 84.2 Å². The smallest absolute Gasteiger partial charge is 0.115 e. The fourth-order valence-electron chi connectivity index (χ4n) is 0.899. The number of phenolic OH excluding ortho intramolecular Hbond substituents is 1. The number of thioether (sulfide) groups is 1. The van der Waals surface area contributed by atoms with Gasteiger partial charge in [-0.15, -0.1) is 11.8 Å². The molecular formula is C11H16OS. The van der Waals surface area contributed by atoms with Gasteiger partial charge < -0.3 is 5.11 Å². The Morgan fingerprint density at radius 3 is 2.46 bits per heavy atom. The number of phenols is 1. The minimum atomic E-state index is 0.341. The third-order valence-corrected chi connectivity index (χ3v) is 3.41. The molecule has 0 aliphatic carbocycles. The molecule has 0 radical (unpaired) electrons. The summed E-state index contributed by atoms with van der Waals surface area (Å²) < 4.78 is 0. The van der Waals surface area contributed by atoms with E-state index in [4.69, 9.17) is 5.11 Å². The largest absolute Gasteiger partial charge is 0.508 e. The summed E-state index contributed by atoms with van der Waals surface area (Å²) in [5.74, 6) is 2.26. The van der Waals surface area contributed by atoms with Crippen LogP contribution in [0, 0.1) is 5.92 Å². The standard InChI is InChI=1S/C11H16OS/c1-3-9(2)8-13-11-6-4-10(12)5-7-11/h4-7,9,12H,3,8H2,1-2H3. The van der Waals surface area contributed by atoms with E-state index in [-0.39, 0.29) is 0 Å². The van der Waals surface area contributed by atoms with E-state index < -0.39 is 0 Å². The molecule has 1 nitrogen and oxygen atoms in total. The van der Waals surface area contributed by atoms with E-state index >= 15 is 0 Å². The Hall–Kier alpha value is -0.630. The molecule has 0 bridgehead atoms. The highest BCUT2D eigenvalue weighted by Crippen LogP contribution is 2.23. The number of aromatic hydroxyl groups is 1. The molecule has 0 heterocycles. The molecule has 0 fully saturated rings. The van der Waals surface area contributed by atoms with E-state index in [9.17, 15) is 0 Å². The van der Waals surface area contributed by atoms with Crippen molar-refractivity contribution in [1.29, 1.82) is 0 Å². The summed E-state index contributed by atoms with van der Waals surface area (Å²) in [6.07, 6.45) is 1.23. The van der Waals surface area contributed by atoms with Crippen molar-refractivity contribution in [3.8, 4) is 5.75 Å². The first-order valence-corrected chi connectivity index (χ1v) is 5.62. The van der Waals surface area contributed by atoms with Gasteiger partial charge in [0.15, 0.2) is 0 Å². The average Bonchev–Trinajstić information content (AvgIpc) is 2.16. The molecule has 72 valence electrons. The zero-order valence-corrected chi connectivity index (χ0v) is 8.97. The maximum atomic E-state index is 9.07. The van der Waals surface area contributed by atoms with Crippen LogP contribution in [-0.4, -0.2) is 10.9 Å². The molecule has 0 saturated heterocycles. The Kier molecular flexibility index (Phi) is 4.16. The van der Waals surface area contributed by atoms with Crippen LogP contribution >= 0.6 is 11.8 Å². The second-order valence-corrected chi connectivity index (χ2v) is 4.41. The molecule has 0 amide bonds. The Bertz CT molecular complexity index is 243. The van der Waals surface area contributed by atoms with Crippen molar-refractivity contribution in [1.82, 2.24) is 0 Å². The van der Waals surface area contributed by atoms with E-state index in [1.54, 1.807) is 12.1 Å². The van der Waals surface area contributed by atoms with Gasteiger partial charge in [-0.05, 0) is 30.2 Å². The van der Waals surface area contributed by atoms with Crippen LogP contribution in [0.1, 0.15) is 20.3 Å². The molecule has 0 saturated carbocycles. The minimum absolute atomic E-state index is 0.341. The Morgan fingerprint density at radius 1 is 1.31 bits per heavy atom. The van der Waals surface area contributed by atoms with Gasteiger partial charge in [-0.1, -0.05) is 20.3 Å². The number of hydrogen-bond acceptors (Lipinski definition) is 2. The summed E-state index contributed by atoms with van der Waals surface area (Å²) in [7, 11) is 0. The summed E-state index contributed by atoms with van der Waals surface area (Å²) >= 11 is 1.85. The Balaban J connectivity index is 2.41. The molecule has 1 unspecified atom stereocenters. The summed E-state index contributed by atoms with van der Waals surface area (Å²) in [6.45, 7) is 4.47. The van der Waals surface area contributed by atoms with Gasteiger partial charge >= 0.3 is 0 Å². The predicted octanol–water partition coefficient (Wildman–Crippen LogP) is 3.53. The second-order valence-electron chi connectivity index (χ2n) is 3.32. The number of rotatable bonds is 4. The van der Waals surface area contributed by atoms with E-state index in [0.717, 1.165) is 11.7 Å². The van der Waals surface area contributed by atoms with Crippen molar-refractivity contribution in [2.45, 2.75) is 25.2 Å². The van der Waals surface area contributed by atoms with Crippen molar-refractivity contribution in [2.24, 2.45) is 5.92 Å². The fourth-order valence-corrected chi connectivity index (χ4v) is 1.94.